The maximum Gasteiger partial charge on any atom is 0.274 e. The summed E-state index contributed by atoms with van der Waals surface area (Å²) in [6.45, 7) is 1.44. The molecule has 0 bridgehead atoms. The summed E-state index contributed by atoms with van der Waals surface area (Å²) in [7, 11) is 0. The highest BCUT2D eigenvalue weighted by molar-refractivity contribution is 6.31. The van der Waals surface area contributed by atoms with Crippen molar-refractivity contribution in [2.75, 3.05) is 19.7 Å². The van der Waals surface area contributed by atoms with E-state index >= 15 is 0 Å². The predicted molar refractivity (Wildman–Crippen MR) is 89.0 cm³/mol. The van der Waals surface area contributed by atoms with Crippen molar-refractivity contribution in [3.63, 3.8) is 0 Å². The first-order valence-electron chi connectivity index (χ1n) is 7.67. The Balaban J connectivity index is 1.57. The van der Waals surface area contributed by atoms with Gasteiger partial charge < -0.3 is 9.64 Å². The molecule has 0 saturated carbocycles. The lowest BCUT2D eigenvalue weighted by atomic mass is 10.1. The van der Waals surface area contributed by atoms with Gasteiger partial charge in [-0.3, -0.25) is 9.20 Å². The lowest BCUT2D eigenvalue weighted by molar-refractivity contribution is -0.0229. The Morgan fingerprint density at radius 2 is 2.17 bits per heavy atom. The number of rotatable bonds is 2. The molecule has 1 fully saturated rings. The Morgan fingerprint density at radius 1 is 1.29 bits per heavy atom. The molecule has 0 unspecified atom stereocenters. The average molecular weight is 343 g/mol. The van der Waals surface area contributed by atoms with Gasteiger partial charge in [0.1, 0.15) is 11.8 Å². The minimum atomic E-state index is -0.230. The smallest absolute Gasteiger partial charge is 0.274 e. The molecule has 1 aliphatic rings. The first kappa shape index (κ1) is 15.1. The Morgan fingerprint density at radius 3 is 3.00 bits per heavy atom. The Hall–Kier alpha value is -2.44. The van der Waals surface area contributed by atoms with Crippen LogP contribution in [0.4, 0.5) is 0 Å². The summed E-state index contributed by atoms with van der Waals surface area (Å²) in [5.74, 6) is 0.387. The molecule has 24 heavy (non-hydrogen) atoms. The van der Waals surface area contributed by atoms with Crippen LogP contribution in [0.3, 0.4) is 0 Å². The Kier molecular flexibility index (Phi) is 3.92. The molecular weight excluding hydrogens is 328 g/mol. The van der Waals surface area contributed by atoms with Gasteiger partial charge in [0.2, 0.25) is 5.78 Å². The summed E-state index contributed by atoms with van der Waals surface area (Å²) in [5.41, 5.74) is 1.28. The molecule has 0 aliphatic carbocycles. The normalized spacial score (nSPS) is 18.0. The summed E-state index contributed by atoms with van der Waals surface area (Å²) >= 11 is 6.25. The van der Waals surface area contributed by atoms with E-state index < -0.39 is 0 Å². The molecular formula is C17H15ClN4O2. The van der Waals surface area contributed by atoms with Gasteiger partial charge in [-0.2, -0.15) is 0 Å². The van der Waals surface area contributed by atoms with E-state index in [-0.39, 0.29) is 12.0 Å². The van der Waals surface area contributed by atoms with Crippen LogP contribution in [0.5, 0.6) is 0 Å². The highest BCUT2D eigenvalue weighted by Crippen LogP contribution is 2.28. The average Bonchev–Trinajstić information content (AvgIpc) is 3.06. The van der Waals surface area contributed by atoms with E-state index in [1.165, 1.54) is 0 Å². The molecule has 1 aromatic carbocycles. The van der Waals surface area contributed by atoms with Crippen molar-refractivity contribution >= 4 is 23.3 Å². The maximum absolute atomic E-state index is 12.8. The number of aromatic nitrogens is 3. The number of hydrogen-bond acceptors (Lipinski definition) is 4. The number of hydrogen-bond donors (Lipinski definition) is 0. The van der Waals surface area contributed by atoms with Gasteiger partial charge >= 0.3 is 0 Å². The lowest BCUT2D eigenvalue weighted by Gasteiger charge is -2.33. The van der Waals surface area contributed by atoms with E-state index in [0.29, 0.717) is 36.2 Å². The summed E-state index contributed by atoms with van der Waals surface area (Å²) in [5, 5.41) is 0.647. The number of amides is 1. The molecule has 1 aliphatic heterocycles. The van der Waals surface area contributed by atoms with Crippen LogP contribution >= 0.6 is 11.6 Å². The largest absolute Gasteiger partial charge is 0.370 e. The van der Waals surface area contributed by atoms with Crippen LogP contribution in [0, 0.1) is 0 Å². The summed E-state index contributed by atoms with van der Waals surface area (Å²) in [6.07, 6.45) is 4.94. The van der Waals surface area contributed by atoms with E-state index in [4.69, 9.17) is 16.3 Å². The predicted octanol–water partition coefficient (Wildman–Crippen LogP) is 2.60. The third-order valence-electron chi connectivity index (χ3n) is 4.06. The van der Waals surface area contributed by atoms with Crippen LogP contribution < -0.4 is 0 Å². The molecule has 0 spiro atoms. The SMILES string of the molecule is O=C(c1cn2cccnc2n1)N1CCO[C@@H](c2ccccc2Cl)C1. The number of fused-ring (bicyclic) bond motifs is 1. The van der Waals surface area contributed by atoms with E-state index in [1.54, 1.807) is 27.8 Å². The van der Waals surface area contributed by atoms with Crippen LogP contribution in [0.15, 0.2) is 48.9 Å². The first-order valence-corrected chi connectivity index (χ1v) is 8.05. The number of halogens is 1. The zero-order chi connectivity index (χ0) is 16.5. The van der Waals surface area contributed by atoms with E-state index in [2.05, 4.69) is 9.97 Å². The Bertz CT molecular complexity index is 862. The standard InChI is InChI=1S/C17H15ClN4O2/c18-13-5-2-1-4-12(13)15-11-21(8-9-24-15)16(23)14-10-22-7-3-6-19-17(22)20-14/h1-7,10,15H,8-9,11H2/t15-/m1/s1. The number of benzene rings is 1. The second-order valence-corrected chi connectivity index (χ2v) is 5.99. The second-order valence-electron chi connectivity index (χ2n) is 5.59. The van der Waals surface area contributed by atoms with Crippen LogP contribution in [-0.4, -0.2) is 44.9 Å². The van der Waals surface area contributed by atoms with Crippen molar-refractivity contribution in [1.29, 1.82) is 0 Å². The van der Waals surface area contributed by atoms with E-state index in [9.17, 15) is 4.79 Å². The fourth-order valence-corrected chi connectivity index (χ4v) is 3.11. The summed E-state index contributed by atoms with van der Waals surface area (Å²) in [4.78, 5) is 23.0. The van der Waals surface area contributed by atoms with Gasteiger partial charge in [-0.05, 0) is 12.1 Å². The van der Waals surface area contributed by atoms with E-state index in [1.807, 2.05) is 30.5 Å². The van der Waals surface area contributed by atoms with Gasteiger partial charge in [-0.1, -0.05) is 29.8 Å². The van der Waals surface area contributed by atoms with Crippen LogP contribution in [-0.2, 0) is 4.74 Å². The van der Waals surface area contributed by atoms with Crippen molar-refractivity contribution in [1.82, 2.24) is 19.3 Å². The van der Waals surface area contributed by atoms with Crippen LogP contribution in [0.2, 0.25) is 5.02 Å². The van der Waals surface area contributed by atoms with Gasteiger partial charge in [-0.15, -0.1) is 0 Å². The molecule has 0 radical (unpaired) electrons. The maximum atomic E-state index is 12.8. The molecule has 2 aromatic heterocycles. The molecule has 3 aromatic rings. The van der Waals surface area contributed by atoms with Crippen molar-refractivity contribution in [3.05, 3.63) is 65.2 Å². The van der Waals surface area contributed by atoms with Crippen molar-refractivity contribution < 1.29 is 9.53 Å². The first-order chi connectivity index (χ1) is 11.7. The number of imidazole rings is 1. The van der Waals surface area contributed by atoms with E-state index in [0.717, 1.165) is 5.56 Å². The minimum Gasteiger partial charge on any atom is -0.370 e. The van der Waals surface area contributed by atoms with Crippen molar-refractivity contribution in [2.24, 2.45) is 0 Å². The highest BCUT2D eigenvalue weighted by Gasteiger charge is 2.28. The van der Waals surface area contributed by atoms with Crippen molar-refractivity contribution in [3.8, 4) is 0 Å². The quantitative estimate of drug-likeness (QED) is 0.718. The third kappa shape index (κ3) is 2.74. The minimum absolute atomic E-state index is 0.124. The monoisotopic (exact) mass is 342 g/mol. The van der Waals surface area contributed by atoms with Gasteiger partial charge in [0, 0.05) is 35.7 Å². The van der Waals surface area contributed by atoms with Gasteiger partial charge in [0.25, 0.3) is 5.91 Å². The fraction of sp³-hybridized carbons (Fsp3) is 0.235. The molecule has 3 heterocycles. The van der Waals surface area contributed by atoms with Crippen molar-refractivity contribution in [2.45, 2.75) is 6.10 Å². The third-order valence-corrected chi connectivity index (χ3v) is 4.40. The summed E-state index contributed by atoms with van der Waals surface area (Å²) in [6, 6.07) is 9.34. The summed E-state index contributed by atoms with van der Waals surface area (Å²) < 4.78 is 7.54. The molecule has 0 N–H and O–H groups in total. The zero-order valence-electron chi connectivity index (χ0n) is 12.8. The number of ether oxygens (including phenoxy) is 1. The highest BCUT2D eigenvalue weighted by atomic mass is 35.5. The Labute approximate surface area is 143 Å². The number of nitrogens with zero attached hydrogens (tertiary/aromatic N) is 4. The topological polar surface area (TPSA) is 59.7 Å². The number of morpholine rings is 1. The molecule has 4 rings (SSSR count). The van der Waals surface area contributed by atoms with Crippen LogP contribution in [0.25, 0.3) is 5.78 Å². The van der Waals surface area contributed by atoms with Gasteiger partial charge in [-0.25, -0.2) is 9.97 Å². The van der Waals surface area contributed by atoms with Gasteiger partial charge in [0.15, 0.2) is 0 Å². The van der Waals surface area contributed by atoms with Crippen LogP contribution in [0.1, 0.15) is 22.2 Å². The fourth-order valence-electron chi connectivity index (χ4n) is 2.85. The molecule has 1 saturated heterocycles. The second kappa shape index (κ2) is 6.22. The molecule has 1 atom stereocenters. The number of carbonyl (C=O) groups is 1. The molecule has 1 amide bonds. The van der Waals surface area contributed by atoms with Gasteiger partial charge in [0.05, 0.1) is 13.2 Å². The molecule has 6 nitrogen and oxygen atoms in total. The zero-order valence-corrected chi connectivity index (χ0v) is 13.6. The molecule has 122 valence electrons. The lowest BCUT2D eigenvalue weighted by Crippen LogP contribution is -2.42. The molecule has 7 heteroatoms. The number of carbonyl (C=O) groups excluding carboxylic acids is 1.